The second-order valence-corrected chi connectivity index (χ2v) is 5.75. The Bertz CT molecular complexity index is 784. The number of carbonyl (C=O) groups is 2. The standard InChI is InChI=1S/C18H18N2O3/c1-11-5-8-16(21)15(9-11)20-18(23)13-6-7-14-12(10-13)3-2-4-17(22)19-14/h5-10,21H,2-4H2,1H3,(H,19,22)(H,20,23). The van der Waals surface area contributed by atoms with Gasteiger partial charge in [0.25, 0.3) is 5.91 Å². The number of hydrogen-bond donors (Lipinski definition) is 3. The summed E-state index contributed by atoms with van der Waals surface area (Å²) in [6.45, 7) is 1.89. The highest BCUT2D eigenvalue weighted by molar-refractivity contribution is 6.05. The highest BCUT2D eigenvalue weighted by Crippen LogP contribution is 2.26. The van der Waals surface area contributed by atoms with Gasteiger partial charge in [-0.25, -0.2) is 0 Å². The summed E-state index contributed by atoms with van der Waals surface area (Å²) >= 11 is 0. The first-order chi connectivity index (χ1) is 11.0. The molecule has 3 N–H and O–H groups in total. The fourth-order valence-electron chi connectivity index (χ4n) is 2.66. The molecule has 1 aliphatic heterocycles. The maximum atomic E-state index is 12.4. The number of aromatic hydroxyl groups is 1. The number of phenols is 1. The number of amides is 2. The van der Waals surface area contributed by atoms with Crippen LogP contribution >= 0.6 is 0 Å². The van der Waals surface area contributed by atoms with Crippen LogP contribution in [0.25, 0.3) is 0 Å². The third kappa shape index (κ3) is 3.34. The lowest BCUT2D eigenvalue weighted by Crippen LogP contribution is -2.13. The molecule has 0 aliphatic carbocycles. The predicted molar refractivity (Wildman–Crippen MR) is 88.8 cm³/mol. The van der Waals surface area contributed by atoms with Gasteiger partial charge in [0, 0.05) is 17.7 Å². The number of nitrogens with one attached hydrogen (secondary N) is 2. The van der Waals surface area contributed by atoms with Crippen LogP contribution in [0.5, 0.6) is 5.75 Å². The van der Waals surface area contributed by atoms with E-state index in [2.05, 4.69) is 10.6 Å². The van der Waals surface area contributed by atoms with Crippen molar-refractivity contribution in [1.82, 2.24) is 0 Å². The van der Waals surface area contributed by atoms with E-state index in [9.17, 15) is 14.7 Å². The summed E-state index contributed by atoms with van der Waals surface area (Å²) in [7, 11) is 0. The van der Waals surface area contributed by atoms with Crippen LogP contribution in [0.1, 0.15) is 34.3 Å². The number of benzene rings is 2. The highest BCUT2D eigenvalue weighted by Gasteiger charge is 2.16. The average Bonchev–Trinajstić information content (AvgIpc) is 2.70. The molecule has 2 aromatic carbocycles. The molecule has 23 heavy (non-hydrogen) atoms. The van der Waals surface area contributed by atoms with E-state index in [1.165, 1.54) is 0 Å². The minimum Gasteiger partial charge on any atom is -0.506 e. The monoisotopic (exact) mass is 310 g/mol. The van der Waals surface area contributed by atoms with Crippen LogP contribution in [0, 0.1) is 6.92 Å². The van der Waals surface area contributed by atoms with Gasteiger partial charge in [-0.1, -0.05) is 6.07 Å². The van der Waals surface area contributed by atoms with Gasteiger partial charge in [-0.05, 0) is 61.2 Å². The van der Waals surface area contributed by atoms with E-state index in [0.717, 1.165) is 29.7 Å². The van der Waals surface area contributed by atoms with Gasteiger partial charge >= 0.3 is 0 Å². The Kier molecular flexibility index (Phi) is 4.02. The molecule has 5 nitrogen and oxygen atoms in total. The lowest BCUT2D eigenvalue weighted by molar-refractivity contribution is -0.116. The minimum atomic E-state index is -0.288. The number of anilines is 2. The Hall–Kier alpha value is -2.82. The van der Waals surface area contributed by atoms with Crippen molar-refractivity contribution in [3.63, 3.8) is 0 Å². The first-order valence-corrected chi connectivity index (χ1v) is 7.57. The third-order valence-corrected chi connectivity index (χ3v) is 3.89. The molecule has 0 aromatic heterocycles. The molecular formula is C18H18N2O3. The molecule has 0 unspecified atom stereocenters. The molecule has 0 saturated carbocycles. The summed E-state index contributed by atoms with van der Waals surface area (Å²) in [5.74, 6) is -0.249. The fourth-order valence-corrected chi connectivity index (χ4v) is 2.66. The van der Waals surface area contributed by atoms with Crippen LogP contribution in [0.3, 0.4) is 0 Å². The second kappa shape index (κ2) is 6.12. The zero-order chi connectivity index (χ0) is 16.4. The predicted octanol–water partition coefficient (Wildman–Crippen LogP) is 3.23. The molecule has 0 atom stereocenters. The normalized spacial score (nSPS) is 13.7. The SMILES string of the molecule is Cc1ccc(O)c(NC(=O)c2ccc3c(c2)CCCC(=O)N3)c1. The van der Waals surface area contributed by atoms with Crippen LogP contribution < -0.4 is 10.6 Å². The van der Waals surface area contributed by atoms with Crippen molar-refractivity contribution in [3.05, 3.63) is 53.1 Å². The molecule has 5 heteroatoms. The Morgan fingerprint density at radius 2 is 2.00 bits per heavy atom. The molecular weight excluding hydrogens is 292 g/mol. The van der Waals surface area contributed by atoms with Crippen molar-refractivity contribution in [1.29, 1.82) is 0 Å². The highest BCUT2D eigenvalue weighted by atomic mass is 16.3. The zero-order valence-electron chi connectivity index (χ0n) is 12.8. The molecule has 0 spiro atoms. The van der Waals surface area contributed by atoms with Gasteiger partial charge in [0.15, 0.2) is 0 Å². The summed E-state index contributed by atoms with van der Waals surface area (Å²) in [6, 6.07) is 10.3. The number of rotatable bonds is 2. The Morgan fingerprint density at radius 3 is 2.83 bits per heavy atom. The van der Waals surface area contributed by atoms with Crippen molar-refractivity contribution in [2.24, 2.45) is 0 Å². The third-order valence-electron chi connectivity index (χ3n) is 3.89. The van der Waals surface area contributed by atoms with E-state index in [4.69, 9.17) is 0 Å². The quantitative estimate of drug-likeness (QED) is 0.745. The molecule has 1 heterocycles. The lowest BCUT2D eigenvalue weighted by Gasteiger charge is -2.11. The van der Waals surface area contributed by atoms with Gasteiger partial charge < -0.3 is 15.7 Å². The van der Waals surface area contributed by atoms with Crippen LogP contribution in [0.4, 0.5) is 11.4 Å². The molecule has 0 bridgehead atoms. The first-order valence-electron chi connectivity index (χ1n) is 7.57. The first kappa shape index (κ1) is 15.1. The Balaban J connectivity index is 1.84. The molecule has 1 aliphatic rings. The van der Waals surface area contributed by atoms with E-state index in [0.29, 0.717) is 17.7 Å². The zero-order valence-corrected chi connectivity index (χ0v) is 12.8. The summed E-state index contributed by atoms with van der Waals surface area (Å²) in [4.78, 5) is 24.0. The van der Waals surface area contributed by atoms with E-state index >= 15 is 0 Å². The van der Waals surface area contributed by atoms with Gasteiger partial charge in [0.1, 0.15) is 5.75 Å². The molecule has 2 aromatic rings. The largest absolute Gasteiger partial charge is 0.506 e. The molecule has 0 fully saturated rings. The van der Waals surface area contributed by atoms with Crippen molar-refractivity contribution in [2.75, 3.05) is 10.6 Å². The van der Waals surface area contributed by atoms with Crippen molar-refractivity contribution < 1.29 is 14.7 Å². The van der Waals surface area contributed by atoms with Crippen LogP contribution in [0.2, 0.25) is 0 Å². The molecule has 3 rings (SSSR count). The van der Waals surface area contributed by atoms with Gasteiger partial charge in [0.05, 0.1) is 5.69 Å². The second-order valence-electron chi connectivity index (χ2n) is 5.75. The maximum Gasteiger partial charge on any atom is 0.255 e. The summed E-state index contributed by atoms with van der Waals surface area (Å²) in [6.07, 6.45) is 2.01. The van der Waals surface area contributed by atoms with Crippen LogP contribution in [-0.2, 0) is 11.2 Å². The van der Waals surface area contributed by atoms with E-state index < -0.39 is 0 Å². The Morgan fingerprint density at radius 1 is 1.17 bits per heavy atom. The number of hydrogen-bond acceptors (Lipinski definition) is 3. The molecule has 0 saturated heterocycles. The average molecular weight is 310 g/mol. The number of aryl methyl sites for hydroxylation is 2. The van der Waals surface area contributed by atoms with Gasteiger partial charge in [-0.3, -0.25) is 9.59 Å². The van der Waals surface area contributed by atoms with Gasteiger partial charge in [-0.2, -0.15) is 0 Å². The summed E-state index contributed by atoms with van der Waals surface area (Å²) < 4.78 is 0. The number of fused-ring (bicyclic) bond motifs is 1. The van der Waals surface area contributed by atoms with E-state index in [-0.39, 0.29) is 17.6 Å². The smallest absolute Gasteiger partial charge is 0.255 e. The van der Waals surface area contributed by atoms with Gasteiger partial charge in [0.2, 0.25) is 5.91 Å². The van der Waals surface area contributed by atoms with Crippen LogP contribution in [-0.4, -0.2) is 16.9 Å². The Labute approximate surface area is 134 Å². The minimum absolute atomic E-state index is 0.00522. The lowest BCUT2D eigenvalue weighted by atomic mass is 10.0. The van der Waals surface area contributed by atoms with Gasteiger partial charge in [-0.15, -0.1) is 0 Å². The summed E-state index contributed by atoms with van der Waals surface area (Å²) in [5, 5.41) is 15.4. The maximum absolute atomic E-state index is 12.4. The van der Waals surface area contributed by atoms with Crippen LogP contribution in [0.15, 0.2) is 36.4 Å². The van der Waals surface area contributed by atoms with Crippen molar-refractivity contribution in [3.8, 4) is 5.75 Å². The molecule has 118 valence electrons. The topological polar surface area (TPSA) is 78.4 Å². The van der Waals surface area contributed by atoms with E-state index in [1.54, 1.807) is 36.4 Å². The summed E-state index contributed by atoms with van der Waals surface area (Å²) in [5.41, 5.74) is 3.56. The number of carbonyl (C=O) groups excluding carboxylic acids is 2. The molecule has 2 amide bonds. The fraction of sp³-hybridized carbons (Fsp3) is 0.222. The van der Waals surface area contributed by atoms with E-state index in [1.807, 2.05) is 6.92 Å². The number of phenolic OH excluding ortho intramolecular Hbond substituents is 1. The van der Waals surface area contributed by atoms with Crippen molar-refractivity contribution >= 4 is 23.2 Å². The molecule has 0 radical (unpaired) electrons. The van der Waals surface area contributed by atoms with Crippen molar-refractivity contribution in [2.45, 2.75) is 26.2 Å².